The summed E-state index contributed by atoms with van der Waals surface area (Å²) >= 11 is 0. The average Bonchev–Trinajstić information content (AvgIpc) is 2.98. The predicted molar refractivity (Wildman–Crippen MR) is 80.6 cm³/mol. The molecule has 0 radical (unpaired) electrons. The van der Waals surface area contributed by atoms with Crippen molar-refractivity contribution >= 4 is 11.7 Å². The molecular formula is C15H16F3N5O. The Labute approximate surface area is 136 Å². The maximum atomic E-state index is 12.6. The zero-order valence-electron chi connectivity index (χ0n) is 12.8. The molecule has 2 aromatic rings. The molecule has 1 aliphatic rings. The van der Waals surface area contributed by atoms with E-state index >= 15 is 0 Å². The highest BCUT2D eigenvalue weighted by Gasteiger charge is 2.31. The summed E-state index contributed by atoms with van der Waals surface area (Å²) in [6.45, 7) is 2.19. The molecule has 3 rings (SSSR count). The van der Waals surface area contributed by atoms with Gasteiger partial charge in [0.1, 0.15) is 11.5 Å². The van der Waals surface area contributed by atoms with Crippen molar-refractivity contribution in [1.82, 2.24) is 20.1 Å². The lowest BCUT2D eigenvalue weighted by molar-refractivity contribution is -0.137. The fraction of sp³-hybridized carbons (Fsp3) is 0.400. The van der Waals surface area contributed by atoms with Gasteiger partial charge in [-0.3, -0.25) is 9.89 Å². The number of nitrogens with one attached hydrogen (secondary N) is 1. The smallest absolute Gasteiger partial charge is 0.355 e. The first-order chi connectivity index (χ1) is 11.4. The number of carbonyl (C=O) groups excluding carboxylic acids is 1. The molecule has 0 spiro atoms. The van der Waals surface area contributed by atoms with E-state index in [2.05, 4.69) is 15.2 Å². The molecule has 0 aromatic carbocycles. The summed E-state index contributed by atoms with van der Waals surface area (Å²) in [4.78, 5) is 19.8. The fourth-order valence-corrected chi connectivity index (χ4v) is 2.64. The van der Waals surface area contributed by atoms with E-state index in [1.54, 1.807) is 11.0 Å². The number of pyridine rings is 1. The van der Waals surface area contributed by atoms with E-state index in [4.69, 9.17) is 0 Å². The van der Waals surface area contributed by atoms with Crippen molar-refractivity contribution in [3.05, 3.63) is 41.9 Å². The van der Waals surface area contributed by atoms with Gasteiger partial charge in [-0.1, -0.05) is 0 Å². The number of hydrogen-bond acceptors (Lipinski definition) is 4. The van der Waals surface area contributed by atoms with Gasteiger partial charge < -0.3 is 9.80 Å². The summed E-state index contributed by atoms with van der Waals surface area (Å²) in [7, 11) is 0. The van der Waals surface area contributed by atoms with Gasteiger partial charge in [0.05, 0.1) is 5.56 Å². The van der Waals surface area contributed by atoms with Gasteiger partial charge in [-0.25, -0.2) is 4.98 Å². The molecule has 0 aliphatic carbocycles. The van der Waals surface area contributed by atoms with Crippen LogP contribution >= 0.6 is 0 Å². The maximum Gasteiger partial charge on any atom is 0.417 e. The molecule has 1 fully saturated rings. The zero-order chi connectivity index (χ0) is 17.2. The Hall–Kier alpha value is -2.58. The lowest BCUT2D eigenvalue weighted by Crippen LogP contribution is -2.35. The number of H-pyrrole nitrogens is 1. The average molecular weight is 339 g/mol. The van der Waals surface area contributed by atoms with Crippen LogP contribution in [-0.2, 0) is 6.18 Å². The second kappa shape index (κ2) is 6.50. The van der Waals surface area contributed by atoms with E-state index in [-0.39, 0.29) is 5.91 Å². The molecule has 9 heteroatoms. The van der Waals surface area contributed by atoms with Crippen molar-refractivity contribution < 1.29 is 18.0 Å². The molecular weight excluding hydrogens is 323 g/mol. The number of carbonyl (C=O) groups is 1. The molecule has 0 atom stereocenters. The predicted octanol–water partition coefficient (Wildman–Crippen LogP) is 2.18. The van der Waals surface area contributed by atoms with Gasteiger partial charge in [-0.15, -0.1) is 0 Å². The Morgan fingerprint density at radius 3 is 2.58 bits per heavy atom. The summed E-state index contributed by atoms with van der Waals surface area (Å²) < 4.78 is 37.8. The molecule has 3 heterocycles. The zero-order valence-corrected chi connectivity index (χ0v) is 12.8. The van der Waals surface area contributed by atoms with E-state index in [1.165, 1.54) is 12.3 Å². The van der Waals surface area contributed by atoms with E-state index in [0.29, 0.717) is 44.1 Å². The summed E-state index contributed by atoms with van der Waals surface area (Å²) in [5.41, 5.74) is -0.340. The molecule has 1 amide bonds. The van der Waals surface area contributed by atoms with E-state index < -0.39 is 11.7 Å². The molecule has 0 saturated carbocycles. The maximum absolute atomic E-state index is 12.6. The second-order valence-corrected chi connectivity index (χ2v) is 5.51. The van der Waals surface area contributed by atoms with E-state index in [1.807, 2.05) is 4.90 Å². The normalized spacial score (nSPS) is 16.1. The second-order valence-electron chi connectivity index (χ2n) is 5.51. The fourth-order valence-electron chi connectivity index (χ4n) is 2.64. The lowest BCUT2D eigenvalue weighted by atomic mass is 10.2. The molecule has 0 unspecified atom stereocenters. The van der Waals surface area contributed by atoms with E-state index in [0.717, 1.165) is 12.3 Å². The number of amides is 1. The minimum atomic E-state index is -4.39. The molecule has 1 saturated heterocycles. The highest BCUT2D eigenvalue weighted by molar-refractivity contribution is 5.92. The van der Waals surface area contributed by atoms with Gasteiger partial charge in [-0.2, -0.15) is 18.3 Å². The van der Waals surface area contributed by atoms with Crippen LogP contribution in [0.4, 0.5) is 19.0 Å². The molecule has 24 heavy (non-hydrogen) atoms. The van der Waals surface area contributed by atoms with Gasteiger partial charge in [0.15, 0.2) is 0 Å². The van der Waals surface area contributed by atoms with E-state index in [9.17, 15) is 18.0 Å². The van der Waals surface area contributed by atoms with Crippen LogP contribution in [0.1, 0.15) is 22.5 Å². The third-order valence-electron chi connectivity index (χ3n) is 3.91. The molecule has 128 valence electrons. The van der Waals surface area contributed by atoms with Crippen molar-refractivity contribution in [2.75, 3.05) is 31.1 Å². The molecule has 1 aliphatic heterocycles. The van der Waals surface area contributed by atoms with Crippen molar-refractivity contribution in [2.24, 2.45) is 0 Å². The Kier molecular flexibility index (Phi) is 4.41. The van der Waals surface area contributed by atoms with Crippen molar-refractivity contribution in [3.63, 3.8) is 0 Å². The van der Waals surface area contributed by atoms with Gasteiger partial charge in [0.25, 0.3) is 5.91 Å². The SMILES string of the molecule is O=C(c1ccn[nH]1)N1CCCN(c2ccc(C(F)(F)F)cn2)CC1. The van der Waals surface area contributed by atoms with Crippen LogP contribution < -0.4 is 4.90 Å². The Bertz CT molecular complexity index is 684. The minimum absolute atomic E-state index is 0.130. The van der Waals surface area contributed by atoms with Crippen LogP contribution in [0.25, 0.3) is 0 Å². The monoisotopic (exact) mass is 339 g/mol. The topological polar surface area (TPSA) is 65.1 Å². The number of hydrogen-bond donors (Lipinski definition) is 1. The summed E-state index contributed by atoms with van der Waals surface area (Å²) in [6.07, 6.45) is -1.32. The van der Waals surface area contributed by atoms with Crippen LogP contribution in [0.3, 0.4) is 0 Å². The molecule has 0 bridgehead atoms. The number of halogens is 3. The number of rotatable bonds is 2. The third kappa shape index (κ3) is 3.50. The number of aromatic amines is 1. The highest BCUT2D eigenvalue weighted by Crippen LogP contribution is 2.29. The first-order valence-electron chi connectivity index (χ1n) is 7.52. The summed E-state index contributed by atoms with van der Waals surface area (Å²) in [6, 6.07) is 4.01. The number of nitrogens with zero attached hydrogens (tertiary/aromatic N) is 4. The van der Waals surface area contributed by atoms with Crippen LogP contribution in [0.15, 0.2) is 30.6 Å². The van der Waals surface area contributed by atoms with Crippen LogP contribution in [0, 0.1) is 0 Å². The molecule has 6 nitrogen and oxygen atoms in total. The quantitative estimate of drug-likeness (QED) is 0.911. The van der Waals surface area contributed by atoms with Crippen molar-refractivity contribution in [1.29, 1.82) is 0 Å². The first kappa shape index (κ1) is 16.3. The van der Waals surface area contributed by atoms with Crippen LogP contribution in [0.2, 0.25) is 0 Å². The molecule has 1 N–H and O–H groups in total. The largest absolute Gasteiger partial charge is 0.417 e. The standard InChI is InChI=1S/C15H16F3N5O/c16-15(17,18)11-2-3-13(19-10-11)22-6-1-7-23(9-8-22)14(24)12-4-5-20-21-12/h2-5,10H,1,6-9H2,(H,20,21). The molecule has 2 aromatic heterocycles. The van der Waals surface area contributed by atoms with Gasteiger partial charge in [0, 0.05) is 38.6 Å². The number of anilines is 1. The van der Waals surface area contributed by atoms with Crippen molar-refractivity contribution in [2.45, 2.75) is 12.6 Å². The Morgan fingerprint density at radius 2 is 1.96 bits per heavy atom. The van der Waals surface area contributed by atoms with Crippen LogP contribution in [0.5, 0.6) is 0 Å². The van der Waals surface area contributed by atoms with Gasteiger partial charge >= 0.3 is 6.18 Å². The van der Waals surface area contributed by atoms with Crippen LogP contribution in [-0.4, -0.2) is 52.2 Å². The summed E-state index contributed by atoms with van der Waals surface area (Å²) in [5, 5.41) is 6.41. The third-order valence-corrected chi connectivity index (χ3v) is 3.91. The van der Waals surface area contributed by atoms with Crippen molar-refractivity contribution in [3.8, 4) is 0 Å². The Morgan fingerprint density at radius 1 is 1.12 bits per heavy atom. The number of aromatic nitrogens is 3. The lowest BCUT2D eigenvalue weighted by Gasteiger charge is -2.22. The Balaban J connectivity index is 1.66. The first-order valence-corrected chi connectivity index (χ1v) is 7.52. The minimum Gasteiger partial charge on any atom is -0.355 e. The number of alkyl halides is 3. The van der Waals surface area contributed by atoms with Gasteiger partial charge in [0.2, 0.25) is 0 Å². The highest BCUT2D eigenvalue weighted by atomic mass is 19.4. The van der Waals surface area contributed by atoms with Gasteiger partial charge in [-0.05, 0) is 24.6 Å². The summed E-state index contributed by atoms with van der Waals surface area (Å²) in [5.74, 6) is 0.355.